The molecule has 0 radical (unpaired) electrons. The van der Waals surface area contributed by atoms with Crippen molar-refractivity contribution in [3.63, 3.8) is 0 Å². The van der Waals surface area contributed by atoms with Crippen molar-refractivity contribution in [2.24, 2.45) is 0 Å². The Bertz CT molecular complexity index is 175. The van der Waals surface area contributed by atoms with E-state index in [-0.39, 0.29) is 5.56 Å². The van der Waals surface area contributed by atoms with Crippen LogP contribution in [-0.4, -0.2) is 10.2 Å². The summed E-state index contributed by atoms with van der Waals surface area (Å²) in [6.45, 7) is 0.831. The van der Waals surface area contributed by atoms with Crippen LogP contribution in [0.25, 0.3) is 0 Å². The van der Waals surface area contributed by atoms with Gasteiger partial charge in [-0.3, -0.25) is 5.10 Å². The molecule has 0 fully saturated rings. The molecule has 0 saturated heterocycles. The van der Waals surface area contributed by atoms with E-state index in [9.17, 15) is 8.78 Å². The fourth-order valence-electron chi connectivity index (χ4n) is 0.491. The van der Waals surface area contributed by atoms with Crippen molar-refractivity contribution in [2.75, 3.05) is 0 Å². The van der Waals surface area contributed by atoms with Gasteiger partial charge in [-0.15, -0.1) is 0 Å². The SMILES string of the molecule is CC(F)(F)c1cn[nH]c1. The van der Waals surface area contributed by atoms with E-state index in [1.54, 1.807) is 0 Å². The topological polar surface area (TPSA) is 28.7 Å². The lowest BCUT2D eigenvalue weighted by atomic mass is 10.2. The Hall–Kier alpha value is -0.930. The number of rotatable bonds is 1. The summed E-state index contributed by atoms with van der Waals surface area (Å²) >= 11 is 0. The Labute approximate surface area is 50.9 Å². The van der Waals surface area contributed by atoms with Crippen molar-refractivity contribution in [3.05, 3.63) is 18.0 Å². The summed E-state index contributed by atoms with van der Waals surface area (Å²) in [7, 11) is 0. The van der Waals surface area contributed by atoms with E-state index in [1.165, 1.54) is 6.20 Å². The number of H-pyrrole nitrogens is 1. The van der Waals surface area contributed by atoms with Crippen LogP contribution in [0.15, 0.2) is 12.4 Å². The fourth-order valence-corrected chi connectivity index (χ4v) is 0.491. The molecule has 0 amide bonds. The van der Waals surface area contributed by atoms with E-state index in [0.717, 1.165) is 13.1 Å². The van der Waals surface area contributed by atoms with Gasteiger partial charge in [0.2, 0.25) is 0 Å². The zero-order valence-electron chi connectivity index (χ0n) is 4.86. The number of alkyl halides is 2. The maximum Gasteiger partial charge on any atom is 0.273 e. The molecule has 0 aliphatic heterocycles. The fraction of sp³-hybridized carbons (Fsp3) is 0.400. The van der Waals surface area contributed by atoms with Gasteiger partial charge < -0.3 is 0 Å². The van der Waals surface area contributed by atoms with Gasteiger partial charge in [0.15, 0.2) is 0 Å². The predicted molar refractivity (Wildman–Crippen MR) is 28.2 cm³/mol. The molecule has 1 aromatic rings. The zero-order valence-corrected chi connectivity index (χ0v) is 4.86. The molecule has 0 bridgehead atoms. The highest BCUT2D eigenvalue weighted by Crippen LogP contribution is 2.24. The second-order valence-electron chi connectivity index (χ2n) is 1.88. The molecule has 1 aromatic heterocycles. The molecule has 2 nitrogen and oxygen atoms in total. The van der Waals surface area contributed by atoms with Gasteiger partial charge in [0.1, 0.15) is 0 Å². The minimum Gasteiger partial charge on any atom is -0.285 e. The molecule has 0 atom stereocenters. The lowest BCUT2D eigenvalue weighted by Crippen LogP contribution is -2.04. The van der Waals surface area contributed by atoms with Gasteiger partial charge in [-0.05, 0) is 0 Å². The van der Waals surface area contributed by atoms with E-state index in [1.807, 2.05) is 0 Å². The summed E-state index contributed by atoms with van der Waals surface area (Å²) in [4.78, 5) is 0. The number of aromatic nitrogens is 2. The smallest absolute Gasteiger partial charge is 0.273 e. The number of aromatic amines is 1. The van der Waals surface area contributed by atoms with Crippen molar-refractivity contribution < 1.29 is 8.78 Å². The van der Waals surface area contributed by atoms with Gasteiger partial charge in [0.05, 0.1) is 11.8 Å². The largest absolute Gasteiger partial charge is 0.285 e. The van der Waals surface area contributed by atoms with E-state index >= 15 is 0 Å². The zero-order chi connectivity index (χ0) is 6.91. The van der Waals surface area contributed by atoms with Crippen LogP contribution in [0.3, 0.4) is 0 Å². The number of hydrogen-bond donors (Lipinski definition) is 1. The molecule has 0 saturated carbocycles. The van der Waals surface area contributed by atoms with Crippen LogP contribution < -0.4 is 0 Å². The van der Waals surface area contributed by atoms with Crippen molar-refractivity contribution >= 4 is 0 Å². The summed E-state index contributed by atoms with van der Waals surface area (Å²) in [5.74, 6) is -2.77. The average molecular weight is 132 g/mol. The van der Waals surface area contributed by atoms with Crippen molar-refractivity contribution in [1.29, 1.82) is 0 Å². The number of nitrogens with one attached hydrogen (secondary N) is 1. The first-order valence-corrected chi connectivity index (χ1v) is 2.48. The third-order valence-electron chi connectivity index (χ3n) is 1.01. The van der Waals surface area contributed by atoms with Crippen molar-refractivity contribution in [1.82, 2.24) is 10.2 Å². The lowest BCUT2D eigenvalue weighted by molar-refractivity contribution is 0.0175. The second kappa shape index (κ2) is 1.79. The molecular formula is C5H6F2N2. The van der Waals surface area contributed by atoms with Crippen LogP contribution in [0.1, 0.15) is 12.5 Å². The van der Waals surface area contributed by atoms with Gasteiger partial charge in [0, 0.05) is 13.1 Å². The summed E-state index contributed by atoms with van der Waals surface area (Å²) < 4.78 is 24.5. The predicted octanol–water partition coefficient (Wildman–Crippen LogP) is 1.52. The Balaban J connectivity index is 2.90. The van der Waals surface area contributed by atoms with Crippen molar-refractivity contribution in [2.45, 2.75) is 12.8 Å². The molecule has 9 heavy (non-hydrogen) atoms. The van der Waals surface area contributed by atoms with Gasteiger partial charge in [-0.2, -0.15) is 5.10 Å². The quantitative estimate of drug-likeness (QED) is 0.616. The number of hydrogen-bond acceptors (Lipinski definition) is 1. The standard InChI is InChI=1S/C5H6F2N2/c1-5(6,7)4-2-8-9-3-4/h2-3H,1H3,(H,8,9). The Morgan fingerprint density at radius 2 is 2.33 bits per heavy atom. The number of halogens is 2. The first-order chi connectivity index (χ1) is 4.11. The Kier molecular flexibility index (Phi) is 1.23. The molecule has 1 heterocycles. The van der Waals surface area contributed by atoms with Crippen LogP contribution in [0.2, 0.25) is 0 Å². The van der Waals surface area contributed by atoms with Gasteiger partial charge in [0.25, 0.3) is 5.92 Å². The summed E-state index contributed by atoms with van der Waals surface area (Å²) in [5.41, 5.74) is -0.0810. The third-order valence-corrected chi connectivity index (χ3v) is 1.01. The highest BCUT2D eigenvalue weighted by atomic mass is 19.3. The molecule has 1 N–H and O–H groups in total. The monoisotopic (exact) mass is 132 g/mol. The van der Waals surface area contributed by atoms with Crippen LogP contribution in [0.4, 0.5) is 8.78 Å². The molecule has 0 aromatic carbocycles. The second-order valence-corrected chi connectivity index (χ2v) is 1.88. The molecular weight excluding hydrogens is 126 g/mol. The molecule has 0 spiro atoms. The highest BCUT2D eigenvalue weighted by Gasteiger charge is 2.24. The Morgan fingerprint density at radius 1 is 1.67 bits per heavy atom. The molecule has 0 unspecified atom stereocenters. The minimum atomic E-state index is -2.77. The highest BCUT2D eigenvalue weighted by molar-refractivity contribution is 5.08. The summed E-state index contributed by atoms with van der Waals surface area (Å²) in [5, 5.41) is 5.69. The molecule has 0 aliphatic carbocycles. The van der Waals surface area contributed by atoms with Crippen LogP contribution >= 0.6 is 0 Å². The van der Waals surface area contributed by atoms with Gasteiger partial charge >= 0.3 is 0 Å². The third kappa shape index (κ3) is 1.25. The Morgan fingerprint density at radius 3 is 2.56 bits per heavy atom. The average Bonchev–Trinajstić information content (AvgIpc) is 2.08. The van der Waals surface area contributed by atoms with Gasteiger partial charge in [-0.1, -0.05) is 0 Å². The summed E-state index contributed by atoms with van der Waals surface area (Å²) in [6, 6.07) is 0. The maximum absolute atomic E-state index is 12.2. The molecule has 50 valence electrons. The van der Waals surface area contributed by atoms with E-state index in [0.29, 0.717) is 0 Å². The number of nitrogens with zero attached hydrogens (tertiary/aromatic N) is 1. The van der Waals surface area contributed by atoms with Crippen LogP contribution in [-0.2, 0) is 5.92 Å². The van der Waals surface area contributed by atoms with E-state index < -0.39 is 5.92 Å². The first kappa shape index (κ1) is 6.19. The summed E-state index contributed by atoms with van der Waals surface area (Å²) in [6.07, 6.45) is 2.29. The van der Waals surface area contributed by atoms with Crippen LogP contribution in [0, 0.1) is 0 Å². The minimum absolute atomic E-state index is 0.0810. The van der Waals surface area contributed by atoms with Crippen molar-refractivity contribution in [3.8, 4) is 0 Å². The van der Waals surface area contributed by atoms with E-state index in [2.05, 4.69) is 10.2 Å². The normalized spacial score (nSPS) is 11.9. The first-order valence-electron chi connectivity index (χ1n) is 2.48. The van der Waals surface area contributed by atoms with E-state index in [4.69, 9.17) is 0 Å². The molecule has 0 aliphatic rings. The molecule has 4 heteroatoms. The maximum atomic E-state index is 12.2. The lowest BCUT2D eigenvalue weighted by Gasteiger charge is -2.04. The molecule has 1 rings (SSSR count). The van der Waals surface area contributed by atoms with Gasteiger partial charge in [-0.25, -0.2) is 8.78 Å². The van der Waals surface area contributed by atoms with Crippen LogP contribution in [0.5, 0.6) is 0 Å².